The highest BCUT2D eigenvalue weighted by molar-refractivity contribution is 6.05. The summed E-state index contributed by atoms with van der Waals surface area (Å²) in [6.45, 7) is 0.820. The molecule has 25 heavy (non-hydrogen) atoms. The van der Waals surface area contributed by atoms with Gasteiger partial charge in [-0.25, -0.2) is 0 Å². The van der Waals surface area contributed by atoms with E-state index in [0.717, 1.165) is 17.9 Å². The number of amides is 1. The Morgan fingerprint density at radius 1 is 0.760 bits per heavy atom. The van der Waals surface area contributed by atoms with Gasteiger partial charge in [-0.1, -0.05) is 54.6 Å². The first kappa shape index (κ1) is 16.8. The number of benzene rings is 3. The monoisotopic (exact) mass is 330 g/mol. The molecule has 126 valence electrons. The largest absolute Gasteiger partial charge is 0.370 e. The molecule has 0 atom stereocenters. The summed E-state index contributed by atoms with van der Waals surface area (Å²) in [6, 6.07) is 27.8. The van der Waals surface area contributed by atoms with Crippen molar-refractivity contribution in [1.82, 2.24) is 0 Å². The fourth-order valence-electron chi connectivity index (χ4n) is 2.78. The summed E-state index contributed by atoms with van der Waals surface area (Å²) in [5.41, 5.74) is 3.90. The van der Waals surface area contributed by atoms with E-state index in [-0.39, 0.29) is 5.91 Å². The van der Waals surface area contributed by atoms with E-state index in [2.05, 4.69) is 30.1 Å². The Hall–Kier alpha value is -3.07. The Balaban J connectivity index is 1.78. The van der Waals surface area contributed by atoms with Crippen molar-refractivity contribution < 1.29 is 4.79 Å². The second-order valence-corrected chi connectivity index (χ2v) is 6.09. The fourth-order valence-corrected chi connectivity index (χ4v) is 2.78. The van der Waals surface area contributed by atoms with Crippen LogP contribution in [0.2, 0.25) is 0 Å². The predicted octanol–water partition coefficient (Wildman–Crippen LogP) is 4.60. The summed E-state index contributed by atoms with van der Waals surface area (Å²) in [5, 5.41) is 0. The minimum absolute atomic E-state index is 0.0107. The highest BCUT2D eigenvalue weighted by Gasteiger charge is 2.14. The van der Waals surface area contributed by atoms with E-state index in [9.17, 15) is 4.79 Å². The van der Waals surface area contributed by atoms with Crippen LogP contribution < -0.4 is 9.80 Å². The Labute approximate surface area is 149 Å². The maximum Gasteiger partial charge on any atom is 0.258 e. The predicted molar refractivity (Wildman–Crippen MR) is 104 cm³/mol. The molecule has 0 aromatic heterocycles. The normalized spacial score (nSPS) is 10.3. The summed E-state index contributed by atoms with van der Waals surface area (Å²) in [7, 11) is 3.87. The lowest BCUT2D eigenvalue weighted by molar-refractivity contribution is 0.0993. The Morgan fingerprint density at radius 2 is 1.36 bits per heavy atom. The molecule has 3 aromatic rings. The van der Waals surface area contributed by atoms with Crippen LogP contribution in [0.4, 0.5) is 11.4 Å². The van der Waals surface area contributed by atoms with E-state index in [1.807, 2.05) is 73.8 Å². The molecule has 0 bridgehead atoms. The van der Waals surface area contributed by atoms with Gasteiger partial charge >= 0.3 is 0 Å². The van der Waals surface area contributed by atoms with E-state index in [0.29, 0.717) is 5.56 Å². The van der Waals surface area contributed by atoms with Crippen LogP contribution in [-0.2, 0) is 6.54 Å². The first-order valence-electron chi connectivity index (χ1n) is 8.33. The third kappa shape index (κ3) is 4.07. The van der Waals surface area contributed by atoms with Gasteiger partial charge in [0, 0.05) is 37.6 Å². The topological polar surface area (TPSA) is 23.6 Å². The van der Waals surface area contributed by atoms with E-state index >= 15 is 0 Å². The smallest absolute Gasteiger partial charge is 0.258 e. The van der Waals surface area contributed by atoms with Crippen LogP contribution >= 0.6 is 0 Å². The summed E-state index contributed by atoms with van der Waals surface area (Å²) in [4.78, 5) is 16.5. The summed E-state index contributed by atoms with van der Waals surface area (Å²) < 4.78 is 0. The molecule has 0 saturated heterocycles. The summed E-state index contributed by atoms with van der Waals surface area (Å²) >= 11 is 0. The molecule has 0 unspecified atom stereocenters. The molecule has 0 aliphatic rings. The van der Waals surface area contributed by atoms with Gasteiger partial charge in [0.05, 0.1) is 0 Å². The van der Waals surface area contributed by atoms with E-state index in [1.165, 1.54) is 5.56 Å². The number of carbonyl (C=O) groups excluding carboxylic acids is 1. The Bertz CT molecular complexity index is 831. The molecule has 3 aromatic carbocycles. The molecule has 1 amide bonds. The fraction of sp³-hybridized carbons (Fsp3) is 0.136. The van der Waals surface area contributed by atoms with Crippen molar-refractivity contribution in [1.29, 1.82) is 0 Å². The van der Waals surface area contributed by atoms with Crippen LogP contribution in [0.5, 0.6) is 0 Å². The molecule has 0 saturated carbocycles. The minimum Gasteiger partial charge on any atom is -0.370 e. The van der Waals surface area contributed by atoms with Crippen molar-refractivity contribution in [2.24, 2.45) is 0 Å². The first-order valence-corrected chi connectivity index (χ1v) is 8.33. The lowest BCUT2D eigenvalue weighted by atomic mass is 10.1. The highest BCUT2D eigenvalue weighted by atomic mass is 16.2. The average Bonchev–Trinajstić information content (AvgIpc) is 2.68. The number of carbonyl (C=O) groups is 1. The van der Waals surface area contributed by atoms with Crippen molar-refractivity contribution in [3.63, 3.8) is 0 Å². The SMILES string of the molecule is CN(Cc1ccccc1)c1cccc(N(C)C(=O)c2ccccc2)c1. The van der Waals surface area contributed by atoms with Crippen molar-refractivity contribution in [3.8, 4) is 0 Å². The third-order valence-electron chi connectivity index (χ3n) is 4.25. The Morgan fingerprint density at radius 3 is 2.04 bits per heavy atom. The zero-order chi connectivity index (χ0) is 17.6. The molecule has 0 radical (unpaired) electrons. The maximum absolute atomic E-state index is 12.6. The zero-order valence-corrected chi connectivity index (χ0v) is 14.6. The minimum atomic E-state index is -0.0107. The standard InChI is InChI=1S/C22H22N2O/c1-23(17-18-10-5-3-6-11-18)20-14-9-15-21(16-20)24(2)22(25)19-12-7-4-8-13-19/h3-16H,17H2,1-2H3. The van der Waals surface area contributed by atoms with Crippen molar-refractivity contribution in [2.45, 2.75) is 6.54 Å². The Kier molecular flexibility index (Phi) is 5.14. The van der Waals surface area contributed by atoms with Crippen LogP contribution in [-0.4, -0.2) is 20.0 Å². The number of hydrogen-bond acceptors (Lipinski definition) is 2. The highest BCUT2D eigenvalue weighted by Crippen LogP contribution is 2.23. The number of anilines is 2. The molecule has 0 aliphatic carbocycles. The van der Waals surface area contributed by atoms with Crippen molar-refractivity contribution in [3.05, 3.63) is 96.1 Å². The molecule has 3 nitrogen and oxygen atoms in total. The summed E-state index contributed by atoms with van der Waals surface area (Å²) in [6.07, 6.45) is 0. The van der Waals surface area contributed by atoms with E-state index in [1.54, 1.807) is 4.90 Å². The van der Waals surface area contributed by atoms with Crippen LogP contribution in [0.15, 0.2) is 84.9 Å². The molecule has 3 rings (SSSR count). The molecule has 0 spiro atoms. The van der Waals surface area contributed by atoms with Crippen LogP contribution in [0.3, 0.4) is 0 Å². The van der Waals surface area contributed by atoms with Gasteiger partial charge in [-0.05, 0) is 35.9 Å². The van der Waals surface area contributed by atoms with Gasteiger partial charge in [0.2, 0.25) is 0 Å². The molecular formula is C22H22N2O. The molecule has 0 heterocycles. The zero-order valence-electron chi connectivity index (χ0n) is 14.6. The average molecular weight is 330 g/mol. The molecule has 0 fully saturated rings. The second-order valence-electron chi connectivity index (χ2n) is 6.09. The van der Waals surface area contributed by atoms with E-state index in [4.69, 9.17) is 0 Å². The van der Waals surface area contributed by atoms with Gasteiger partial charge in [0.1, 0.15) is 0 Å². The van der Waals surface area contributed by atoms with Gasteiger partial charge in [-0.15, -0.1) is 0 Å². The maximum atomic E-state index is 12.6. The van der Waals surface area contributed by atoms with Crippen LogP contribution in [0, 0.1) is 0 Å². The molecule has 0 aliphatic heterocycles. The third-order valence-corrected chi connectivity index (χ3v) is 4.25. The number of rotatable bonds is 5. The van der Waals surface area contributed by atoms with E-state index < -0.39 is 0 Å². The first-order chi connectivity index (χ1) is 12.1. The van der Waals surface area contributed by atoms with Gasteiger partial charge in [-0.3, -0.25) is 4.79 Å². The van der Waals surface area contributed by atoms with Crippen molar-refractivity contribution >= 4 is 17.3 Å². The van der Waals surface area contributed by atoms with Gasteiger partial charge in [-0.2, -0.15) is 0 Å². The van der Waals surface area contributed by atoms with Gasteiger partial charge in [0.15, 0.2) is 0 Å². The van der Waals surface area contributed by atoms with Crippen molar-refractivity contribution in [2.75, 3.05) is 23.9 Å². The van der Waals surface area contributed by atoms with Gasteiger partial charge in [0.25, 0.3) is 5.91 Å². The lowest BCUT2D eigenvalue weighted by Crippen LogP contribution is -2.26. The van der Waals surface area contributed by atoms with Crippen LogP contribution in [0.25, 0.3) is 0 Å². The molecular weight excluding hydrogens is 308 g/mol. The van der Waals surface area contributed by atoms with Gasteiger partial charge < -0.3 is 9.80 Å². The number of nitrogens with zero attached hydrogens (tertiary/aromatic N) is 2. The second kappa shape index (κ2) is 7.67. The quantitative estimate of drug-likeness (QED) is 0.682. The van der Waals surface area contributed by atoms with Crippen LogP contribution in [0.1, 0.15) is 15.9 Å². The molecule has 3 heteroatoms. The molecule has 0 N–H and O–H groups in total. The summed E-state index contributed by atoms with van der Waals surface area (Å²) in [5.74, 6) is -0.0107. The lowest BCUT2D eigenvalue weighted by Gasteiger charge is -2.23. The number of hydrogen-bond donors (Lipinski definition) is 0.